The third-order valence-electron chi connectivity index (χ3n) is 3.65. The van der Waals surface area contributed by atoms with Gasteiger partial charge in [-0.05, 0) is 6.42 Å². The summed E-state index contributed by atoms with van der Waals surface area (Å²) in [5, 5.41) is 3.08. The minimum absolute atomic E-state index is 0.0231. The Balaban J connectivity index is 1.80. The second-order valence-electron chi connectivity index (χ2n) is 5.54. The second-order valence-corrected chi connectivity index (χ2v) is 5.54. The summed E-state index contributed by atoms with van der Waals surface area (Å²) in [5.41, 5.74) is 0. The average Bonchev–Trinajstić information content (AvgIpc) is 2.89. The van der Waals surface area contributed by atoms with Gasteiger partial charge in [-0.25, -0.2) is 0 Å². The molecule has 111 valence electrons. The molecule has 1 radical (unpaired) electrons. The maximum Gasteiger partial charge on any atom is 0.306 e. The van der Waals surface area contributed by atoms with Crippen LogP contribution in [0.3, 0.4) is 0 Å². The van der Waals surface area contributed by atoms with Gasteiger partial charge in [0.15, 0.2) is 0 Å². The molecule has 3 nitrogen and oxygen atoms in total. The van der Waals surface area contributed by atoms with Crippen molar-refractivity contribution in [3.63, 3.8) is 0 Å². The number of ether oxygens (including phenoxy) is 1. The molecule has 1 saturated heterocycles. The fourth-order valence-corrected chi connectivity index (χ4v) is 2.43. The Kier molecular flexibility index (Phi) is 9.78. The molecule has 0 aliphatic carbocycles. The van der Waals surface area contributed by atoms with E-state index in [2.05, 4.69) is 12.2 Å². The molecule has 0 bridgehead atoms. The van der Waals surface area contributed by atoms with Gasteiger partial charge in [-0.15, -0.1) is 0 Å². The van der Waals surface area contributed by atoms with Gasteiger partial charge in [0.2, 0.25) is 0 Å². The van der Waals surface area contributed by atoms with Gasteiger partial charge in [-0.2, -0.15) is 0 Å². The summed E-state index contributed by atoms with van der Waals surface area (Å²) in [6.07, 6.45) is 13.1. The predicted molar refractivity (Wildman–Crippen MR) is 78.6 cm³/mol. The van der Waals surface area contributed by atoms with E-state index >= 15 is 0 Å². The second kappa shape index (κ2) is 11.3. The molecule has 1 N–H and O–H groups in total. The maximum atomic E-state index is 11.5. The van der Waals surface area contributed by atoms with Crippen molar-refractivity contribution in [2.75, 3.05) is 6.54 Å². The first-order valence-electron chi connectivity index (χ1n) is 8.07. The Morgan fingerprint density at radius 2 is 1.74 bits per heavy atom. The lowest BCUT2D eigenvalue weighted by atomic mass is 10.1. The third-order valence-corrected chi connectivity index (χ3v) is 3.65. The van der Waals surface area contributed by atoms with Gasteiger partial charge in [0.05, 0.1) is 0 Å². The van der Waals surface area contributed by atoms with Crippen LogP contribution in [0.25, 0.3) is 0 Å². The summed E-state index contributed by atoms with van der Waals surface area (Å²) in [7, 11) is 0. The van der Waals surface area contributed by atoms with Crippen molar-refractivity contribution < 1.29 is 9.53 Å². The molecule has 0 saturated carbocycles. The largest absolute Gasteiger partial charge is 0.461 e. The van der Waals surface area contributed by atoms with Crippen molar-refractivity contribution in [3.05, 3.63) is 6.54 Å². The molecule has 0 aromatic rings. The van der Waals surface area contributed by atoms with Crippen LogP contribution in [0, 0.1) is 6.54 Å². The van der Waals surface area contributed by atoms with E-state index in [9.17, 15) is 4.79 Å². The normalized spacial score (nSPS) is 18.7. The van der Waals surface area contributed by atoms with E-state index in [1.807, 2.05) is 6.54 Å². The van der Waals surface area contributed by atoms with Crippen molar-refractivity contribution in [2.24, 2.45) is 0 Å². The zero-order chi connectivity index (χ0) is 13.8. The molecule has 19 heavy (non-hydrogen) atoms. The molecule has 1 atom stereocenters. The number of unbranched alkanes of at least 4 members (excludes halogenated alkanes) is 8. The maximum absolute atomic E-state index is 11.5. The first-order chi connectivity index (χ1) is 9.33. The predicted octanol–water partition coefficient (Wildman–Crippen LogP) is 3.97. The lowest BCUT2D eigenvalue weighted by Crippen LogP contribution is -2.20. The minimum Gasteiger partial charge on any atom is -0.461 e. The van der Waals surface area contributed by atoms with E-state index in [-0.39, 0.29) is 12.1 Å². The van der Waals surface area contributed by atoms with Gasteiger partial charge >= 0.3 is 5.97 Å². The zero-order valence-electron chi connectivity index (χ0n) is 12.5. The van der Waals surface area contributed by atoms with Crippen molar-refractivity contribution in [1.82, 2.24) is 5.32 Å². The standard InChI is InChI=1S/C16H30NO2/c1-2-3-4-5-6-7-8-9-10-11-16(18)19-15-12-13-17-14-15/h13,15,17H,2-12,14H2,1H3. The fourth-order valence-electron chi connectivity index (χ4n) is 2.43. The number of carbonyl (C=O) groups excluding carboxylic acids is 1. The zero-order valence-corrected chi connectivity index (χ0v) is 12.5. The van der Waals surface area contributed by atoms with Crippen LogP contribution in [-0.4, -0.2) is 18.6 Å². The minimum atomic E-state index is -0.0231. The van der Waals surface area contributed by atoms with Gasteiger partial charge in [-0.1, -0.05) is 58.3 Å². The molecule has 0 aromatic heterocycles. The van der Waals surface area contributed by atoms with E-state index < -0.39 is 0 Å². The van der Waals surface area contributed by atoms with Crippen molar-refractivity contribution in [3.8, 4) is 0 Å². The molecule has 1 rings (SSSR count). The lowest BCUT2D eigenvalue weighted by molar-refractivity contribution is -0.148. The van der Waals surface area contributed by atoms with Crippen molar-refractivity contribution in [2.45, 2.75) is 83.7 Å². The van der Waals surface area contributed by atoms with Crippen LogP contribution in [0.4, 0.5) is 0 Å². The Morgan fingerprint density at radius 1 is 1.11 bits per heavy atom. The molecule has 0 amide bonds. The first-order valence-corrected chi connectivity index (χ1v) is 8.07. The highest BCUT2D eigenvalue weighted by Gasteiger charge is 2.18. The number of carbonyl (C=O) groups is 1. The highest BCUT2D eigenvalue weighted by atomic mass is 16.5. The Hall–Kier alpha value is -0.570. The molecule has 1 heterocycles. The Labute approximate surface area is 118 Å². The topological polar surface area (TPSA) is 38.3 Å². The number of hydrogen-bond donors (Lipinski definition) is 1. The van der Waals surface area contributed by atoms with Crippen molar-refractivity contribution in [1.29, 1.82) is 0 Å². The van der Waals surface area contributed by atoms with E-state index in [1.54, 1.807) is 0 Å². The fraction of sp³-hybridized carbons (Fsp3) is 0.875. The molecule has 1 unspecified atom stereocenters. The summed E-state index contributed by atoms with van der Waals surface area (Å²) in [4.78, 5) is 11.5. The summed E-state index contributed by atoms with van der Waals surface area (Å²) >= 11 is 0. The molecular formula is C16H30NO2. The van der Waals surface area contributed by atoms with Gasteiger partial charge in [0.1, 0.15) is 6.10 Å². The van der Waals surface area contributed by atoms with Crippen molar-refractivity contribution >= 4 is 5.97 Å². The smallest absolute Gasteiger partial charge is 0.306 e. The van der Waals surface area contributed by atoms with Crippen LogP contribution in [0.15, 0.2) is 0 Å². The van der Waals surface area contributed by atoms with Crippen LogP contribution >= 0.6 is 0 Å². The quantitative estimate of drug-likeness (QED) is 0.455. The van der Waals surface area contributed by atoms with Gasteiger partial charge in [-0.3, -0.25) is 4.79 Å². The van der Waals surface area contributed by atoms with Gasteiger partial charge in [0.25, 0.3) is 0 Å². The summed E-state index contributed by atoms with van der Waals surface area (Å²) < 4.78 is 5.35. The highest BCUT2D eigenvalue weighted by molar-refractivity contribution is 5.69. The average molecular weight is 268 g/mol. The lowest BCUT2D eigenvalue weighted by Gasteiger charge is -2.10. The van der Waals surface area contributed by atoms with Gasteiger partial charge in [0, 0.05) is 25.9 Å². The van der Waals surface area contributed by atoms with Crippen LogP contribution in [-0.2, 0) is 9.53 Å². The van der Waals surface area contributed by atoms with E-state index in [4.69, 9.17) is 4.74 Å². The van der Waals surface area contributed by atoms with E-state index in [0.717, 1.165) is 25.8 Å². The molecule has 0 spiro atoms. The number of rotatable bonds is 11. The monoisotopic (exact) mass is 268 g/mol. The van der Waals surface area contributed by atoms with E-state index in [1.165, 1.54) is 44.9 Å². The number of esters is 1. The van der Waals surface area contributed by atoms with E-state index in [0.29, 0.717) is 6.42 Å². The molecule has 0 aromatic carbocycles. The molecule has 1 fully saturated rings. The summed E-state index contributed by atoms with van der Waals surface area (Å²) in [6.45, 7) is 5.00. The third kappa shape index (κ3) is 9.04. The first kappa shape index (κ1) is 16.5. The number of hydrogen-bond acceptors (Lipinski definition) is 3. The summed E-state index contributed by atoms with van der Waals surface area (Å²) in [6, 6.07) is 0. The molecular weight excluding hydrogens is 238 g/mol. The summed E-state index contributed by atoms with van der Waals surface area (Å²) in [5.74, 6) is -0.0231. The molecule has 1 aliphatic heterocycles. The van der Waals surface area contributed by atoms with Gasteiger partial charge < -0.3 is 10.1 Å². The Bertz CT molecular complexity index is 225. The molecule has 1 aliphatic rings. The van der Waals surface area contributed by atoms with Crippen LogP contribution < -0.4 is 5.32 Å². The Morgan fingerprint density at radius 3 is 2.32 bits per heavy atom. The SMILES string of the molecule is CCCCCCCCCCCC(=O)OC1C[CH]NC1. The van der Waals surface area contributed by atoms with Crippen LogP contribution in [0.5, 0.6) is 0 Å². The van der Waals surface area contributed by atoms with Crippen LogP contribution in [0.2, 0.25) is 0 Å². The number of nitrogens with one attached hydrogen (secondary N) is 1. The molecule has 3 heteroatoms. The highest BCUT2D eigenvalue weighted by Crippen LogP contribution is 2.12. The van der Waals surface area contributed by atoms with Crippen LogP contribution in [0.1, 0.15) is 77.6 Å².